The summed E-state index contributed by atoms with van der Waals surface area (Å²) in [7, 11) is 3.72. The molecule has 1 unspecified atom stereocenters. The molecule has 0 radical (unpaired) electrons. The summed E-state index contributed by atoms with van der Waals surface area (Å²) in [5.41, 5.74) is 3.27. The van der Waals surface area contributed by atoms with E-state index in [1.807, 2.05) is 47.4 Å². The SMILES string of the molecule is COc1ccc(CCC(=O)N2CCCCC2c2nc3ccccc3n2C)cc1. The Morgan fingerprint density at radius 2 is 1.93 bits per heavy atom. The lowest BCUT2D eigenvalue weighted by atomic mass is 10.00. The summed E-state index contributed by atoms with van der Waals surface area (Å²) in [4.78, 5) is 20.0. The van der Waals surface area contributed by atoms with E-state index < -0.39 is 0 Å². The molecule has 5 nitrogen and oxygen atoms in total. The molecule has 1 saturated heterocycles. The molecule has 146 valence electrons. The smallest absolute Gasteiger partial charge is 0.223 e. The number of hydrogen-bond acceptors (Lipinski definition) is 3. The van der Waals surface area contributed by atoms with Crippen LogP contribution in [0.5, 0.6) is 5.75 Å². The maximum atomic E-state index is 13.1. The highest BCUT2D eigenvalue weighted by Gasteiger charge is 2.31. The molecule has 2 heterocycles. The number of carbonyl (C=O) groups is 1. The molecule has 4 rings (SSSR count). The lowest BCUT2D eigenvalue weighted by Crippen LogP contribution is -2.39. The van der Waals surface area contributed by atoms with Crippen molar-refractivity contribution in [2.45, 2.75) is 38.1 Å². The van der Waals surface area contributed by atoms with Crippen LogP contribution >= 0.6 is 0 Å². The lowest BCUT2D eigenvalue weighted by Gasteiger charge is -2.35. The van der Waals surface area contributed by atoms with Gasteiger partial charge in [0.2, 0.25) is 5.91 Å². The maximum absolute atomic E-state index is 13.1. The number of piperidine rings is 1. The molecule has 0 aliphatic carbocycles. The van der Waals surface area contributed by atoms with E-state index in [4.69, 9.17) is 9.72 Å². The molecular formula is C23H27N3O2. The summed E-state index contributed by atoms with van der Waals surface area (Å²) in [5, 5.41) is 0. The number of imidazole rings is 1. The van der Waals surface area contributed by atoms with Gasteiger partial charge in [-0.2, -0.15) is 0 Å². The van der Waals surface area contributed by atoms with Gasteiger partial charge in [-0.05, 0) is 55.5 Å². The minimum absolute atomic E-state index is 0.0644. The second kappa shape index (κ2) is 8.05. The number of nitrogens with zero attached hydrogens (tertiary/aromatic N) is 3. The Labute approximate surface area is 165 Å². The standard InChI is InChI=1S/C23H27N3O2/c1-25-20-8-4-3-7-19(20)24-23(25)21-9-5-6-16-26(21)22(27)15-12-17-10-13-18(28-2)14-11-17/h3-4,7-8,10-11,13-14,21H,5-6,9,12,15-16H2,1-2H3. The van der Waals surface area contributed by atoms with E-state index in [9.17, 15) is 4.79 Å². The fourth-order valence-corrected chi connectivity index (χ4v) is 4.15. The molecule has 1 fully saturated rings. The van der Waals surface area contributed by atoms with Gasteiger partial charge in [-0.1, -0.05) is 24.3 Å². The second-order valence-corrected chi connectivity index (χ2v) is 7.46. The third-order valence-electron chi connectivity index (χ3n) is 5.73. The lowest BCUT2D eigenvalue weighted by molar-refractivity contribution is -0.135. The molecule has 0 spiro atoms. The molecule has 1 aliphatic rings. The Balaban J connectivity index is 1.51. The number of methoxy groups -OCH3 is 1. The quantitative estimate of drug-likeness (QED) is 0.667. The summed E-state index contributed by atoms with van der Waals surface area (Å²) < 4.78 is 7.35. The van der Waals surface area contributed by atoms with Crippen molar-refractivity contribution < 1.29 is 9.53 Å². The van der Waals surface area contributed by atoms with Crippen LogP contribution in [0.4, 0.5) is 0 Å². The van der Waals surface area contributed by atoms with Crippen LogP contribution in [-0.2, 0) is 18.3 Å². The molecule has 1 aliphatic heterocycles. The van der Waals surface area contributed by atoms with Crippen molar-refractivity contribution in [3.8, 4) is 5.75 Å². The molecule has 1 amide bonds. The highest BCUT2D eigenvalue weighted by atomic mass is 16.5. The van der Waals surface area contributed by atoms with Gasteiger partial charge in [0, 0.05) is 20.0 Å². The predicted molar refractivity (Wildman–Crippen MR) is 110 cm³/mol. The number of fused-ring (bicyclic) bond motifs is 1. The fraction of sp³-hybridized carbons (Fsp3) is 0.391. The molecule has 0 N–H and O–H groups in total. The van der Waals surface area contributed by atoms with Crippen LogP contribution in [-0.4, -0.2) is 34.0 Å². The average Bonchev–Trinajstić information content (AvgIpc) is 3.09. The van der Waals surface area contributed by atoms with Crippen molar-refractivity contribution in [2.24, 2.45) is 7.05 Å². The number of carbonyl (C=O) groups excluding carboxylic acids is 1. The van der Waals surface area contributed by atoms with Gasteiger partial charge in [-0.15, -0.1) is 0 Å². The van der Waals surface area contributed by atoms with Crippen LogP contribution in [0.25, 0.3) is 11.0 Å². The molecule has 1 atom stereocenters. The van der Waals surface area contributed by atoms with Crippen LogP contribution in [0.3, 0.4) is 0 Å². The maximum Gasteiger partial charge on any atom is 0.223 e. The summed E-state index contributed by atoms with van der Waals surface area (Å²) >= 11 is 0. The van der Waals surface area contributed by atoms with Crippen LogP contribution < -0.4 is 4.74 Å². The highest BCUT2D eigenvalue weighted by molar-refractivity contribution is 5.78. The Morgan fingerprint density at radius 1 is 1.14 bits per heavy atom. The first-order chi connectivity index (χ1) is 13.7. The minimum Gasteiger partial charge on any atom is -0.497 e. The zero-order valence-corrected chi connectivity index (χ0v) is 16.6. The van der Waals surface area contributed by atoms with E-state index in [0.29, 0.717) is 6.42 Å². The second-order valence-electron chi connectivity index (χ2n) is 7.46. The number of hydrogen-bond donors (Lipinski definition) is 0. The van der Waals surface area contributed by atoms with Gasteiger partial charge in [0.05, 0.1) is 24.2 Å². The third-order valence-corrected chi connectivity index (χ3v) is 5.73. The van der Waals surface area contributed by atoms with Gasteiger partial charge in [0.25, 0.3) is 0 Å². The summed E-state index contributed by atoms with van der Waals surface area (Å²) in [6, 6.07) is 16.2. The molecule has 3 aromatic rings. The fourth-order valence-electron chi connectivity index (χ4n) is 4.15. The Kier molecular flexibility index (Phi) is 5.33. The molecule has 2 aromatic carbocycles. The average molecular weight is 377 g/mol. The van der Waals surface area contributed by atoms with Gasteiger partial charge in [0.15, 0.2) is 0 Å². The van der Waals surface area contributed by atoms with E-state index in [-0.39, 0.29) is 11.9 Å². The van der Waals surface area contributed by atoms with Crippen molar-refractivity contribution in [2.75, 3.05) is 13.7 Å². The Morgan fingerprint density at radius 3 is 2.68 bits per heavy atom. The largest absolute Gasteiger partial charge is 0.497 e. The molecule has 1 aromatic heterocycles. The van der Waals surface area contributed by atoms with Crippen molar-refractivity contribution in [3.05, 3.63) is 59.9 Å². The normalized spacial score (nSPS) is 17.1. The van der Waals surface area contributed by atoms with E-state index in [1.54, 1.807) is 7.11 Å². The van der Waals surface area contributed by atoms with Gasteiger partial charge < -0.3 is 14.2 Å². The van der Waals surface area contributed by atoms with E-state index in [1.165, 1.54) is 0 Å². The van der Waals surface area contributed by atoms with E-state index in [0.717, 1.165) is 60.4 Å². The van der Waals surface area contributed by atoms with Crippen molar-refractivity contribution in [3.63, 3.8) is 0 Å². The van der Waals surface area contributed by atoms with Crippen LogP contribution in [0, 0.1) is 0 Å². The van der Waals surface area contributed by atoms with Crippen LogP contribution in [0.2, 0.25) is 0 Å². The number of amides is 1. The van der Waals surface area contributed by atoms with Crippen molar-refractivity contribution in [1.29, 1.82) is 0 Å². The van der Waals surface area contributed by atoms with Crippen LogP contribution in [0.1, 0.15) is 43.1 Å². The Bertz CT molecular complexity index is 962. The monoisotopic (exact) mass is 377 g/mol. The molecule has 28 heavy (non-hydrogen) atoms. The zero-order chi connectivity index (χ0) is 19.5. The minimum atomic E-state index is 0.0644. The first kappa shape index (κ1) is 18.5. The van der Waals surface area contributed by atoms with Gasteiger partial charge >= 0.3 is 0 Å². The number of aryl methyl sites for hydroxylation is 2. The summed E-state index contributed by atoms with van der Waals surface area (Å²) in [6.07, 6.45) is 4.44. The van der Waals surface area contributed by atoms with Gasteiger partial charge in [0.1, 0.15) is 11.6 Å². The first-order valence-electron chi connectivity index (χ1n) is 10.0. The number of ether oxygens (including phenoxy) is 1. The highest BCUT2D eigenvalue weighted by Crippen LogP contribution is 2.32. The van der Waals surface area contributed by atoms with Crippen molar-refractivity contribution in [1.82, 2.24) is 14.5 Å². The summed E-state index contributed by atoms with van der Waals surface area (Å²) in [5.74, 6) is 2.05. The topological polar surface area (TPSA) is 47.4 Å². The van der Waals surface area contributed by atoms with E-state index >= 15 is 0 Å². The number of para-hydroxylation sites is 2. The number of rotatable bonds is 5. The van der Waals surface area contributed by atoms with Gasteiger partial charge in [-0.3, -0.25) is 4.79 Å². The molecular weight excluding hydrogens is 350 g/mol. The van der Waals surface area contributed by atoms with E-state index in [2.05, 4.69) is 17.7 Å². The number of benzene rings is 2. The van der Waals surface area contributed by atoms with Crippen molar-refractivity contribution >= 4 is 16.9 Å². The summed E-state index contributed by atoms with van der Waals surface area (Å²) in [6.45, 7) is 0.815. The van der Waals surface area contributed by atoms with Gasteiger partial charge in [-0.25, -0.2) is 4.98 Å². The predicted octanol–water partition coefficient (Wildman–Crippen LogP) is 4.27. The number of likely N-dealkylation sites (tertiary alicyclic amines) is 1. The molecule has 5 heteroatoms. The number of aromatic nitrogens is 2. The Hall–Kier alpha value is -2.82. The van der Waals surface area contributed by atoms with Crippen LogP contribution in [0.15, 0.2) is 48.5 Å². The first-order valence-corrected chi connectivity index (χ1v) is 10.0. The third kappa shape index (κ3) is 3.61. The zero-order valence-electron chi connectivity index (χ0n) is 16.6. The molecule has 0 bridgehead atoms. The molecule has 0 saturated carbocycles.